The summed E-state index contributed by atoms with van der Waals surface area (Å²) in [6.45, 7) is 5.29. The molecule has 2 rings (SSSR count). The van der Waals surface area contributed by atoms with E-state index in [0.29, 0.717) is 17.2 Å². The third-order valence-electron chi connectivity index (χ3n) is 2.97. The van der Waals surface area contributed by atoms with E-state index in [1.807, 2.05) is 0 Å². The molecule has 19 heavy (non-hydrogen) atoms. The van der Waals surface area contributed by atoms with Gasteiger partial charge >= 0.3 is 5.76 Å². The van der Waals surface area contributed by atoms with Gasteiger partial charge in [0, 0.05) is 6.42 Å². The van der Waals surface area contributed by atoms with Gasteiger partial charge in [0.2, 0.25) is 11.8 Å². The molecule has 1 aromatic heterocycles. The van der Waals surface area contributed by atoms with Crippen molar-refractivity contribution >= 4 is 24.0 Å². The molecule has 1 saturated heterocycles. The molecule has 6 heteroatoms. The molecule has 1 N–H and O–H groups in total. The maximum atomic E-state index is 11.9. The lowest BCUT2D eigenvalue weighted by molar-refractivity contribution is -0.135. The Balaban J connectivity index is 2.61. The Morgan fingerprint density at radius 3 is 2.74 bits per heavy atom. The molecule has 1 aromatic rings. The molecule has 100 valence electrons. The molecule has 1 aliphatic rings. The van der Waals surface area contributed by atoms with Gasteiger partial charge in [-0.05, 0) is 19.4 Å². The first-order valence-electron chi connectivity index (χ1n) is 5.92. The van der Waals surface area contributed by atoms with Gasteiger partial charge in [-0.1, -0.05) is 18.7 Å². The minimum atomic E-state index is -0.716. The van der Waals surface area contributed by atoms with Crippen molar-refractivity contribution in [2.24, 2.45) is 0 Å². The molecule has 0 saturated carbocycles. The number of rotatable bonds is 2. The number of nitrogens with zero attached hydrogens (tertiary/aromatic N) is 1. The number of hydrogen-bond donors (Lipinski definition) is 1. The molecule has 1 fully saturated rings. The number of oxazole rings is 1. The largest absolute Gasteiger partial charge is 0.420 e. The van der Waals surface area contributed by atoms with E-state index in [1.165, 1.54) is 10.6 Å². The summed E-state index contributed by atoms with van der Waals surface area (Å²) in [7, 11) is 0. The molecular weight excluding hydrogens is 248 g/mol. The van der Waals surface area contributed by atoms with Crippen LogP contribution in [0.2, 0.25) is 0 Å². The Bertz CT molecular complexity index is 708. The quantitative estimate of drug-likeness (QED) is 0.706. The van der Waals surface area contributed by atoms with Crippen LogP contribution in [0.5, 0.6) is 0 Å². The van der Waals surface area contributed by atoms with Crippen LogP contribution in [-0.4, -0.2) is 16.4 Å². The molecule has 0 bridgehead atoms. The first-order valence-corrected chi connectivity index (χ1v) is 5.92. The molecular formula is C13H14N2O4. The summed E-state index contributed by atoms with van der Waals surface area (Å²) in [5.74, 6) is -1.42. The number of aromatic nitrogens is 1. The fourth-order valence-electron chi connectivity index (χ4n) is 2.14. The highest BCUT2D eigenvalue weighted by Crippen LogP contribution is 2.14. The van der Waals surface area contributed by atoms with Crippen LogP contribution in [-0.2, 0) is 9.59 Å². The fraction of sp³-hybridized carbons (Fsp3) is 0.308. The summed E-state index contributed by atoms with van der Waals surface area (Å²) >= 11 is 0. The predicted molar refractivity (Wildman–Crippen MR) is 68.4 cm³/mol. The second-order valence-corrected chi connectivity index (χ2v) is 4.15. The zero-order valence-electron chi connectivity index (χ0n) is 10.5. The van der Waals surface area contributed by atoms with Crippen molar-refractivity contribution in [1.82, 2.24) is 9.88 Å². The van der Waals surface area contributed by atoms with Gasteiger partial charge in [-0.2, -0.15) is 0 Å². The molecule has 1 unspecified atom stereocenters. The van der Waals surface area contributed by atoms with Crippen molar-refractivity contribution in [3.63, 3.8) is 0 Å². The number of carbonyl (C=O) groups is 2. The molecule has 1 aliphatic heterocycles. The maximum Gasteiger partial charge on any atom is 0.420 e. The predicted octanol–water partition coefficient (Wildman–Crippen LogP) is -0.814. The molecule has 0 spiro atoms. The van der Waals surface area contributed by atoms with Crippen LogP contribution in [0.25, 0.3) is 12.2 Å². The fourth-order valence-corrected chi connectivity index (χ4v) is 2.14. The van der Waals surface area contributed by atoms with E-state index in [4.69, 9.17) is 4.42 Å². The summed E-state index contributed by atoms with van der Waals surface area (Å²) in [5.41, 5.74) is 0.354. The molecule has 2 amide bonds. The van der Waals surface area contributed by atoms with Gasteiger partial charge in [-0.15, -0.1) is 0 Å². The van der Waals surface area contributed by atoms with Crippen LogP contribution < -0.4 is 21.8 Å². The Morgan fingerprint density at radius 1 is 1.42 bits per heavy atom. The van der Waals surface area contributed by atoms with Crippen LogP contribution in [0.15, 0.2) is 21.9 Å². The van der Waals surface area contributed by atoms with Gasteiger partial charge in [0.25, 0.3) is 0 Å². The third-order valence-corrected chi connectivity index (χ3v) is 2.97. The average Bonchev–Trinajstić information content (AvgIpc) is 2.66. The number of hydrogen-bond acceptors (Lipinski definition) is 4. The minimum absolute atomic E-state index is 0.206. The van der Waals surface area contributed by atoms with E-state index in [9.17, 15) is 14.4 Å². The number of allylic oxidation sites excluding steroid dienone is 1. The Morgan fingerprint density at radius 2 is 2.16 bits per heavy atom. The van der Waals surface area contributed by atoms with Gasteiger partial charge in [0.15, 0.2) is 5.42 Å². The zero-order chi connectivity index (χ0) is 14.0. The minimum Gasteiger partial charge on any atom is -0.408 e. The third kappa shape index (κ3) is 2.29. The summed E-state index contributed by atoms with van der Waals surface area (Å²) in [4.78, 5) is 34.8. The number of imide groups is 1. The second kappa shape index (κ2) is 5.09. The normalized spacial score (nSPS) is 21.6. The molecule has 0 aromatic carbocycles. The molecule has 0 radical (unpaired) electrons. The lowest BCUT2D eigenvalue weighted by atomic mass is 10.1. The van der Waals surface area contributed by atoms with Crippen molar-refractivity contribution in [1.29, 1.82) is 0 Å². The first-order chi connectivity index (χ1) is 9.08. The summed E-state index contributed by atoms with van der Waals surface area (Å²) in [5, 5.41) is 2.74. The van der Waals surface area contributed by atoms with Crippen molar-refractivity contribution in [3.8, 4) is 0 Å². The Kier molecular flexibility index (Phi) is 3.50. The van der Waals surface area contributed by atoms with Crippen LogP contribution in [0.1, 0.15) is 25.8 Å². The summed E-state index contributed by atoms with van der Waals surface area (Å²) < 4.78 is 6.36. The second-order valence-electron chi connectivity index (χ2n) is 4.15. The number of nitrogens with one attached hydrogen (secondary N) is 1. The smallest absolute Gasteiger partial charge is 0.408 e. The van der Waals surface area contributed by atoms with Gasteiger partial charge in [0.05, 0.1) is 5.35 Å². The van der Waals surface area contributed by atoms with Gasteiger partial charge in [0.1, 0.15) is 6.04 Å². The first kappa shape index (κ1) is 13.1. The van der Waals surface area contributed by atoms with Gasteiger partial charge in [-0.25, -0.2) is 4.79 Å². The van der Waals surface area contributed by atoms with Crippen LogP contribution in [0, 0.1) is 0 Å². The van der Waals surface area contributed by atoms with Crippen molar-refractivity contribution in [3.05, 3.63) is 34.0 Å². The van der Waals surface area contributed by atoms with E-state index in [0.717, 1.165) is 0 Å². The van der Waals surface area contributed by atoms with Crippen molar-refractivity contribution < 1.29 is 14.0 Å². The number of amides is 2. The number of carbonyl (C=O) groups excluding carboxylic acids is 2. The molecule has 1 atom stereocenters. The van der Waals surface area contributed by atoms with Crippen molar-refractivity contribution in [2.75, 3.05) is 0 Å². The topological polar surface area (TPSA) is 81.3 Å². The van der Waals surface area contributed by atoms with Crippen LogP contribution >= 0.6 is 0 Å². The van der Waals surface area contributed by atoms with E-state index >= 15 is 0 Å². The SMILES string of the molecule is C=C/C=c1/oc(=O)n(C2CCC(=O)NC2=O)/c1=C/C. The summed E-state index contributed by atoms with van der Waals surface area (Å²) in [6.07, 6.45) is 5.24. The number of piperidine rings is 1. The van der Waals surface area contributed by atoms with Gasteiger partial charge < -0.3 is 4.42 Å². The van der Waals surface area contributed by atoms with Crippen molar-refractivity contribution in [2.45, 2.75) is 25.8 Å². The van der Waals surface area contributed by atoms with Crippen LogP contribution in [0.4, 0.5) is 0 Å². The highest BCUT2D eigenvalue weighted by atomic mass is 16.4. The highest BCUT2D eigenvalue weighted by molar-refractivity contribution is 5.99. The van der Waals surface area contributed by atoms with Gasteiger partial charge in [-0.3, -0.25) is 19.5 Å². The summed E-state index contributed by atoms with van der Waals surface area (Å²) in [6, 6.07) is -0.716. The monoisotopic (exact) mass is 262 g/mol. The zero-order valence-corrected chi connectivity index (χ0v) is 10.5. The van der Waals surface area contributed by atoms with E-state index in [1.54, 1.807) is 19.1 Å². The molecule has 2 heterocycles. The van der Waals surface area contributed by atoms with E-state index < -0.39 is 17.7 Å². The van der Waals surface area contributed by atoms with Crippen LogP contribution in [0.3, 0.4) is 0 Å². The maximum absolute atomic E-state index is 11.9. The average molecular weight is 262 g/mol. The lowest BCUT2D eigenvalue weighted by Crippen LogP contribution is -2.47. The standard InChI is InChI=1S/C13H14N2O4/c1-3-5-10-8(4-2)15(13(18)19-10)9-6-7-11(16)14-12(9)17/h3-5,9H,1,6-7H2,2H3,(H,14,16,17)/b8-4+,10-5+. The molecule has 6 nitrogen and oxygen atoms in total. The molecule has 0 aliphatic carbocycles. The highest BCUT2D eigenvalue weighted by Gasteiger charge is 2.30. The Labute approximate surface area is 108 Å². The van der Waals surface area contributed by atoms with E-state index in [-0.39, 0.29) is 12.3 Å². The lowest BCUT2D eigenvalue weighted by Gasteiger charge is -2.20. The van der Waals surface area contributed by atoms with E-state index in [2.05, 4.69) is 11.9 Å². The Hall–Kier alpha value is -2.37.